The van der Waals surface area contributed by atoms with E-state index in [1.165, 1.54) is 43.2 Å². The second kappa shape index (κ2) is 10.4. The fourth-order valence-electron chi connectivity index (χ4n) is 6.29. The molecule has 3 aliphatic rings. The molecule has 0 amide bonds. The summed E-state index contributed by atoms with van der Waals surface area (Å²) in [4.78, 5) is 0. The van der Waals surface area contributed by atoms with Gasteiger partial charge in [0.15, 0.2) is 0 Å². The molecule has 5 unspecified atom stereocenters. The highest BCUT2D eigenvalue weighted by molar-refractivity contribution is 5.30. The first-order valence-electron chi connectivity index (χ1n) is 12.9. The largest absolute Gasteiger partial charge is 0.493 e. The van der Waals surface area contributed by atoms with Crippen LogP contribution < -0.4 is 4.74 Å². The Balaban J connectivity index is 1.36. The summed E-state index contributed by atoms with van der Waals surface area (Å²) in [7, 11) is 0. The second-order valence-electron chi connectivity index (χ2n) is 10.9. The molecule has 0 spiro atoms. The quantitative estimate of drug-likeness (QED) is 0.467. The number of aliphatic hydroxyl groups excluding tert-OH is 1. The van der Waals surface area contributed by atoms with Crippen LogP contribution in [0.4, 0.5) is 0 Å². The van der Waals surface area contributed by atoms with Crippen LogP contribution in [0.15, 0.2) is 59.7 Å². The molecule has 2 nitrogen and oxygen atoms in total. The van der Waals surface area contributed by atoms with Crippen molar-refractivity contribution in [2.24, 2.45) is 23.7 Å². The van der Waals surface area contributed by atoms with E-state index < -0.39 is 0 Å². The third-order valence-electron chi connectivity index (χ3n) is 8.35. The normalized spacial score (nSPS) is 31.8. The van der Waals surface area contributed by atoms with E-state index in [1.54, 1.807) is 5.57 Å². The van der Waals surface area contributed by atoms with Crippen LogP contribution in [0.25, 0.3) is 0 Å². The molecular weight excluding hydrogens is 392 g/mol. The van der Waals surface area contributed by atoms with Gasteiger partial charge >= 0.3 is 0 Å². The first-order valence-corrected chi connectivity index (χ1v) is 12.9. The van der Waals surface area contributed by atoms with Gasteiger partial charge in [-0.05, 0) is 104 Å². The Labute approximate surface area is 195 Å². The maximum Gasteiger partial charge on any atom is 0.119 e. The average Bonchev–Trinajstić information content (AvgIpc) is 3.23. The molecule has 0 heterocycles. The van der Waals surface area contributed by atoms with Gasteiger partial charge in [0.1, 0.15) is 5.75 Å². The van der Waals surface area contributed by atoms with Gasteiger partial charge in [-0.1, -0.05) is 62.8 Å². The molecule has 1 aromatic carbocycles. The van der Waals surface area contributed by atoms with Crippen molar-refractivity contribution < 1.29 is 9.84 Å². The number of allylic oxidation sites excluding steroid dienone is 3. The standard InChI is InChI=1S/C30H42O2/c1-20(2)25-8-5-9-26(18-25)32-19-22(4)27-15-16-28-24(7-6-10-29(27)28)14-13-23-12-11-21(3)30(31)17-23/h5,8-9,13-14,18,20,22,27-31H,3,6-7,10-12,15-17,19H2,1-2,4H3. The molecule has 0 radical (unpaired) electrons. The SMILES string of the molecule is C=C1CCC(=CC=C2CCCC3C2CCC3C(C)COc2cccc(C(C)C)c2)CC1O. The van der Waals surface area contributed by atoms with Crippen LogP contribution in [0, 0.1) is 23.7 Å². The van der Waals surface area contributed by atoms with Gasteiger partial charge in [0.2, 0.25) is 0 Å². The monoisotopic (exact) mass is 434 g/mol. The summed E-state index contributed by atoms with van der Waals surface area (Å²) in [5.41, 5.74) is 5.40. The number of hydrogen-bond donors (Lipinski definition) is 1. The van der Waals surface area contributed by atoms with Crippen molar-refractivity contribution >= 4 is 0 Å². The van der Waals surface area contributed by atoms with E-state index in [9.17, 15) is 5.11 Å². The van der Waals surface area contributed by atoms with Crippen LogP contribution in [0.3, 0.4) is 0 Å². The van der Waals surface area contributed by atoms with E-state index in [2.05, 4.69) is 63.8 Å². The minimum absolute atomic E-state index is 0.342. The zero-order valence-electron chi connectivity index (χ0n) is 20.4. The number of aliphatic hydroxyl groups is 1. The molecule has 4 rings (SSSR count). The summed E-state index contributed by atoms with van der Waals surface area (Å²) in [6.45, 7) is 11.7. The molecular formula is C30H42O2. The van der Waals surface area contributed by atoms with Gasteiger partial charge in [0.05, 0.1) is 12.7 Å². The molecule has 0 aliphatic heterocycles. The van der Waals surface area contributed by atoms with Crippen LogP contribution in [0.2, 0.25) is 0 Å². The van der Waals surface area contributed by atoms with Crippen LogP contribution in [-0.2, 0) is 0 Å². The molecule has 1 N–H and O–H groups in total. The fourth-order valence-corrected chi connectivity index (χ4v) is 6.29. The zero-order chi connectivity index (χ0) is 22.7. The second-order valence-corrected chi connectivity index (χ2v) is 10.9. The minimum Gasteiger partial charge on any atom is -0.493 e. The molecule has 3 saturated carbocycles. The van der Waals surface area contributed by atoms with Gasteiger partial charge in [-0.2, -0.15) is 0 Å². The molecule has 174 valence electrons. The van der Waals surface area contributed by atoms with Crippen molar-refractivity contribution in [1.29, 1.82) is 0 Å². The Bertz CT molecular complexity index is 861. The van der Waals surface area contributed by atoms with Gasteiger partial charge in [-0.25, -0.2) is 0 Å². The van der Waals surface area contributed by atoms with Gasteiger partial charge in [-0.15, -0.1) is 0 Å². The predicted molar refractivity (Wildman–Crippen MR) is 134 cm³/mol. The van der Waals surface area contributed by atoms with Crippen LogP contribution >= 0.6 is 0 Å². The van der Waals surface area contributed by atoms with Gasteiger partial charge in [0, 0.05) is 0 Å². The minimum atomic E-state index is -0.342. The number of rotatable bonds is 6. The Kier molecular flexibility index (Phi) is 7.61. The molecule has 5 atom stereocenters. The first kappa shape index (κ1) is 23.4. The zero-order valence-corrected chi connectivity index (χ0v) is 20.4. The molecule has 0 saturated heterocycles. The summed E-state index contributed by atoms with van der Waals surface area (Å²) in [5, 5.41) is 10.1. The Morgan fingerprint density at radius 2 is 1.94 bits per heavy atom. The molecule has 0 aromatic heterocycles. The van der Waals surface area contributed by atoms with E-state index >= 15 is 0 Å². The third-order valence-corrected chi connectivity index (χ3v) is 8.35. The highest BCUT2D eigenvalue weighted by Gasteiger charge is 2.41. The predicted octanol–water partition coefficient (Wildman–Crippen LogP) is 7.61. The van der Waals surface area contributed by atoms with Crippen LogP contribution in [-0.4, -0.2) is 17.8 Å². The Morgan fingerprint density at radius 1 is 1.09 bits per heavy atom. The number of benzene rings is 1. The lowest BCUT2D eigenvalue weighted by Crippen LogP contribution is -2.27. The molecule has 3 fully saturated rings. The first-order chi connectivity index (χ1) is 15.4. The fraction of sp³-hybridized carbons (Fsp3) is 0.600. The van der Waals surface area contributed by atoms with Gasteiger partial charge in [0.25, 0.3) is 0 Å². The highest BCUT2D eigenvalue weighted by Crippen LogP contribution is 2.51. The van der Waals surface area contributed by atoms with Gasteiger partial charge in [-0.3, -0.25) is 0 Å². The molecule has 1 aromatic rings. The smallest absolute Gasteiger partial charge is 0.119 e. The molecule has 2 heteroatoms. The topological polar surface area (TPSA) is 29.5 Å². The number of hydrogen-bond acceptors (Lipinski definition) is 2. The van der Waals surface area contributed by atoms with E-state index in [-0.39, 0.29) is 6.10 Å². The highest BCUT2D eigenvalue weighted by atomic mass is 16.5. The lowest BCUT2D eigenvalue weighted by molar-refractivity contribution is 0.157. The van der Waals surface area contributed by atoms with Crippen molar-refractivity contribution in [3.63, 3.8) is 0 Å². The van der Waals surface area contributed by atoms with Crippen LogP contribution in [0.5, 0.6) is 5.75 Å². The van der Waals surface area contributed by atoms with Crippen molar-refractivity contribution in [2.75, 3.05) is 6.61 Å². The van der Waals surface area contributed by atoms with Crippen molar-refractivity contribution in [3.05, 3.63) is 65.3 Å². The number of ether oxygens (including phenoxy) is 1. The van der Waals surface area contributed by atoms with Crippen LogP contribution in [0.1, 0.15) is 83.6 Å². The summed E-state index contributed by atoms with van der Waals surface area (Å²) in [6.07, 6.45) is 13.8. The van der Waals surface area contributed by atoms with E-state index in [0.717, 1.165) is 54.9 Å². The molecule has 3 aliphatic carbocycles. The maximum atomic E-state index is 10.1. The van der Waals surface area contributed by atoms with E-state index in [4.69, 9.17) is 4.74 Å². The van der Waals surface area contributed by atoms with Crippen molar-refractivity contribution in [1.82, 2.24) is 0 Å². The molecule has 0 bridgehead atoms. The lowest BCUT2D eigenvalue weighted by Gasteiger charge is -2.34. The lowest BCUT2D eigenvalue weighted by atomic mass is 9.72. The summed E-state index contributed by atoms with van der Waals surface area (Å²) < 4.78 is 6.27. The number of fused-ring (bicyclic) bond motifs is 1. The average molecular weight is 435 g/mol. The summed E-state index contributed by atoms with van der Waals surface area (Å²) in [6, 6.07) is 8.62. The maximum absolute atomic E-state index is 10.1. The Morgan fingerprint density at radius 3 is 2.72 bits per heavy atom. The summed E-state index contributed by atoms with van der Waals surface area (Å²) >= 11 is 0. The third kappa shape index (κ3) is 5.39. The van der Waals surface area contributed by atoms with Crippen molar-refractivity contribution in [2.45, 2.75) is 84.2 Å². The Hall–Kier alpha value is -1.80. The summed E-state index contributed by atoms with van der Waals surface area (Å²) in [5.74, 6) is 4.47. The molecule has 32 heavy (non-hydrogen) atoms. The van der Waals surface area contributed by atoms with E-state index in [1.807, 2.05) is 0 Å². The van der Waals surface area contributed by atoms with Gasteiger partial charge < -0.3 is 9.84 Å². The van der Waals surface area contributed by atoms with Crippen molar-refractivity contribution in [3.8, 4) is 5.75 Å². The van der Waals surface area contributed by atoms with E-state index in [0.29, 0.717) is 11.8 Å².